The number of carbonyl (C=O) groups excluding carboxylic acids is 1. The smallest absolute Gasteiger partial charge is 0.317 e. The molecule has 0 bridgehead atoms. The zero-order valence-electron chi connectivity index (χ0n) is 19.2. The number of nitrogens with one attached hydrogen (secondary N) is 1. The van der Waals surface area contributed by atoms with Gasteiger partial charge >= 0.3 is 6.03 Å². The summed E-state index contributed by atoms with van der Waals surface area (Å²) >= 11 is 0. The van der Waals surface area contributed by atoms with E-state index in [-0.39, 0.29) is 6.03 Å². The van der Waals surface area contributed by atoms with E-state index in [1.807, 2.05) is 35.9 Å². The third-order valence-corrected chi connectivity index (χ3v) is 6.79. The van der Waals surface area contributed by atoms with Gasteiger partial charge in [0.25, 0.3) is 0 Å². The van der Waals surface area contributed by atoms with Crippen LogP contribution in [0.2, 0.25) is 0 Å². The first-order valence-electron chi connectivity index (χ1n) is 11.5. The molecule has 4 aromatic rings. The third kappa shape index (κ3) is 3.28. The Morgan fingerprint density at radius 3 is 2.76 bits per heavy atom. The summed E-state index contributed by atoms with van der Waals surface area (Å²) in [7, 11) is 3.61. The zero-order chi connectivity index (χ0) is 22.7. The minimum Gasteiger partial charge on any atom is -0.341 e. The fraction of sp³-hybridized carbons (Fsp3) is 0.360. The van der Waals surface area contributed by atoms with Crippen molar-refractivity contribution in [1.29, 1.82) is 0 Å². The van der Waals surface area contributed by atoms with E-state index < -0.39 is 0 Å². The molecule has 0 saturated heterocycles. The Kier molecular flexibility index (Phi) is 4.50. The van der Waals surface area contributed by atoms with Gasteiger partial charge in [0.1, 0.15) is 5.82 Å². The predicted molar refractivity (Wildman–Crippen MR) is 127 cm³/mol. The summed E-state index contributed by atoms with van der Waals surface area (Å²) in [6.07, 6.45) is 6.35. The number of imidazole rings is 1. The molecule has 0 radical (unpaired) electrons. The summed E-state index contributed by atoms with van der Waals surface area (Å²) < 4.78 is 4.17. The Bertz CT molecular complexity index is 1400. The van der Waals surface area contributed by atoms with E-state index in [2.05, 4.69) is 39.2 Å². The highest BCUT2D eigenvalue weighted by Crippen LogP contribution is 2.43. The van der Waals surface area contributed by atoms with Crippen molar-refractivity contribution in [1.82, 2.24) is 34.5 Å². The molecule has 2 amide bonds. The Morgan fingerprint density at radius 1 is 1.18 bits per heavy atom. The summed E-state index contributed by atoms with van der Waals surface area (Å²) in [5.41, 5.74) is 6.09. The van der Waals surface area contributed by atoms with Gasteiger partial charge in [-0.05, 0) is 31.2 Å². The Labute approximate surface area is 192 Å². The monoisotopic (exact) mass is 441 g/mol. The number of urea groups is 1. The Morgan fingerprint density at radius 2 is 2.03 bits per heavy atom. The predicted octanol–water partition coefficient (Wildman–Crippen LogP) is 3.84. The maximum Gasteiger partial charge on any atom is 0.317 e. The van der Waals surface area contributed by atoms with E-state index in [0.29, 0.717) is 19.0 Å². The topological polar surface area (TPSA) is 80.9 Å². The summed E-state index contributed by atoms with van der Waals surface area (Å²) in [4.78, 5) is 24.2. The lowest BCUT2D eigenvalue weighted by atomic mass is 10.0. The average molecular weight is 442 g/mol. The molecule has 1 fully saturated rings. The lowest BCUT2D eigenvalue weighted by molar-refractivity contribution is 0.185. The molecule has 1 saturated carbocycles. The number of fused-ring (bicyclic) bond motifs is 2. The first kappa shape index (κ1) is 20.0. The first-order chi connectivity index (χ1) is 16.0. The maximum absolute atomic E-state index is 12.4. The number of aromatic nitrogens is 5. The van der Waals surface area contributed by atoms with E-state index in [0.717, 1.165) is 51.2 Å². The molecule has 3 aromatic heterocycles. The van der Waals surface area contributed by atoms with E-state index in [4.69, 9.17) is 9.97 Å². The van der Waals surface area contributed by atoms with Crippen LogP contribution in [0.15, 0.2) is 36.7 Å². The number of rotatable bonds is 3. The number of hydrogen-bond donors (Lipinski definition) is 1. The highest BCUT2D eigenvalue weighted by molar-refractivity contribution is 5.97. The van der Waals surface area contributed by atoms with Crippen LogP contribution >= 0.6 is 0 Å². The van der Waals surface area contributed by atoms with Crippen LogP contribution in [-0.2, 0) is 20.1 Å². The number of carbonyl (C=O) groups is 1. The molecule has 1 aromatic carbocycles. The largest absolute Gasteiger partial charge is 0.341 e. The van der Waals surface area contributed by atoms with Gasteiger partial charge in [0.05, 0.1) is 29.3 Å². The van der Waals surface area contributed by atoms with Gasteiger partial charge in [-0.1, -0.05) is 18.2 Å². The van der Waals surface area contributed by atoms with Crippen LogP contribution in [0.25, 0.3) is 33.3 Å². The average Bonchev–Trinajstić information content (AvgIpc) is 3.52. The Hall–Kier alpha value is -3.68. The van der Waals surface area contributed by atoms with Crippen LogP contribution in [-0.4, -0.2) is 48.8 Å². The second-order valence-corrected chi connectivity index (χ2v) is 9.07. The van der Waals surface area contributed by atoms with Crippen molar-refractivity contribution >= 4 is 16.8 Å². The molecule has 0 atom stereocenters. The summed E-state index contributed by atoms with van der Waals surface area (Å²) in [5.74, 6) is 1.71. The maximum atomic E-state index is 12.4. The molecular formula is C25H27N7O. The molecule has 0 unspecified atom stereocenters. The number of hydrogen-bond acceptors (Lipinski definition) is 4. The van der Waals surface area contributed by atoms with Crippen LogP contribution in [0.3, 0.4) is 0 Å². The quantitative estimate of drug-likeness (QED) is 0.524. The zero-order valence-corrected chi connectivity index (χ0v) is 19.2. The molecule has 33 heavy (non-hydrogen) atoms. The van der Waals surface area contributed by atoms with Crippen LogP contribution in [0.5, 0.6) is 0 Å². The highest BCUT2D eigenvalue weighted by atomic mass is 16.2. The van der Waals surface area contributed by atoms with Crippen molar-refractivity contribution in [3.8, 4) is 22.5 Å². The van der Waals surface area contributed by atoms with E-state index in [1.165, 1.54) is 18.7 Å². The number of aryl methyl sites for hydroxylation is 2. The van der Waals surface area contributed by atoms with Crippen LogP contribution in [0, 0.1) is 6.92 Å². The molecule has 8 heteroatoms. The van der Waals surface area contributed by atoms with Crippen molar-refractivity contribution in [2.45, 2.75) is 38.8 Å². The second-order valence-electron chi connectivity index (χ2n) is 9.07. The van der Waals surface area contributed by atoms with Gasteiger partial charge < -0.3 is 14.8 Å². The molecule has 1 aliphatic carbocycles. The van der Waals surface area contributed by atoms with Gasteiger partial charge in [-0.25, -0.2) is 9.78 Å². The molecule has 8 nitrogen and oxygen atoms in total. The SMILES string of the molecule is CNC(=O)N1CCn2c(C3CC3)nc(-c3cccc4cc(-c5cn(C)nc5C)ncc34)c2C1. The summed E-state index contributed by atoms with van der Waals surface area (Å²) in [6.45, 7) is 4.06. The van der Waals surface area contributed by atoms with Crippen molar-refractivity contribution in [2.24, 2.45) is 7.05 Å². The summed E-state index contributed by atoms with van der Waals surface area (Å²) in [6, 6.07) is 8.41. The lowest BCUT2D eigenvalue weighted by Crippen LogP contribution is -2.43. The summed E-state index contributed by atoms with van der Waals surface area (Å²) in [5, 5.41) is 9.42. The molecule has 168 valence electrons. The molecule has 6 rings (SSSR count). The third-order valence-electron chi connectivity index (χ3n) is 6.79. The normalized spacial score (nSPS) is 15.7. The number of pyridine rings is 1. The van der Waals surface area contributed by atoms with E-state index in [1.54, 1.807) is 7.05 Å². The van der Waals surface area contributed by atoms with Crippen molar-refractivity contribution < 1.29 is 4.79 Å². The fourth-order valence-electron chi connectivity index (χ4n) is 4.97. The molecule has 2 aliphatic rings. The van der Waals surface area contributed by atoms with E-state index in [9.17, 15) is 4.79 Å². The van der Waals surface area contributed by atoms with Crippen LogP contribution in [0.4, 0.5) is 4.79 Å². The number of benzene rings is 1. The van der Waals surface area contributed by atoms with Gasteiger partial charge in [0.2, 0.25) is 0 Å². The van der Waals surface area contributed by atoms with Crippen molar-refractivity contribution in [2.75, 3.05) is 13.6 Å². The van der Waals surface area contributed by atoms with Crippen molar-refractivity contribution in [3.05, 3.63) is 53.9 Å². The molecule has 0 spiro atoms. The number of amides is 2. The standard InChI is InChI=1S/C25H27N7O/c1-15-20(13-30(3)29-15)21-11-17-5-4-6-18(19(17)12-27-21)23-22-14-31(25(33)26-2)9-10-32(22)24(28-23)16-7-8-16/h4-6,11-13,16H,7-10,14H2,1-3H3,(H,26,33). The fourth-order valence-corrected chi connectivity index (χ4v) is 4.97. The highest BCUT2D eigenvalue weighted by Gasteiger charge is 2.34. The molecule has 4 heterocycles. The molecule has 1 N–H and O–H groups in total. The molecular weight excluding hydrogens is 414 g/mol. The van der Waals surface area contributed by atoms with Crippen LogP contribution < -0.4 is 5.32 Å². The van der Waals surface area contributed by atoms with Gasteiger partial charge in [-0.15, -0.1) is 0 Å². The second kappa shape index (κ2) is 7.43. The minimum absolute atomic E-state index is 0.0440. The minimum atomic E-state index is -0.0440. The van der Waals surface area contributed by atoms with Gasteiger partial charge in [-0.3, -0.25) is 9.67 Å². The number of nitrogens with zero attached hydrogens (tertiary/aromatic N) is 6. The van der Waals surface area contributed by atoms with Gasteiger partial charge in [0.15, 0.2) is 0 Å². The molecule has 1 aliphatic heterocycles. The first-order valence-corrected chi connectivity index (χ1v) is 11.5. The van der Waals surface area contributed by atoms with Gasteiger partial charge in [-0.2, -0.15) is 5.10 Å². The van der Waals surface area contributed by atoms with E-state index >= 15 is 0 Å². The lowest BCUT2D eigenvalue weighted by Gasteiger charge is -2.29. The van der Waals surface area contributed by atoms with Gasteiger partial charge in [0, 0.05) is 62.0 Å². The van der Waals surface area contributed by atoms with Crippen molar-refractivity contribution in [3.63, 3.8) is 0 Å². The van der Waals surface area contributed by atoms with Crippen LogP contribution in [0.1, 0.15) is 36.0 Å². The Balaban J connectivity index is 1.48.